The summed E-state index contributed by atoms with van der Waals surface area (Å²) in [4.78, 5) is 6.96. The second kappa shape index (κ2) is 5.41. The average molecular weight is 249 g/mol. The maximum atomic E-state index is 5.64. The topological polar surface area (TPSA) is 41.3 Å². The fourth-order valence-electron chi connectivity index (χ4n) is 3.30. The molecule has 2 aliphatic heterocycles. The van der Waals surface area contributed by atoms with E-state index < -0.39 is 0 Å². The third-order valence-corrected chi connectivity index (χ3v) is 4.32. The molecule has 1 aromatic rings. The average Bonchev–Trinajstić information content (AvgIpc) is 3.03. The van der Waals surface area contributed by atoms with Gasteiger partial charge in [0.05, 0.1) is 12.7 Å². The Balaban J connectivity index is 1.53. The van der Waals surface area contributed by atoms with E-state index in [0.29, 0.717) is 6.04 Å². The summed E-state index contributed by atoms with van der Waals surface area (Å²) in [5.41, 5.74) is 0. The third-order valence-electron chi connectivity index (χ3n) is 4.32. The summed E-state index contributed by atoms with van der Waals surface area (Å²) >= 11 is 0. The lowest BCUT2D eigenvalue weighted by atomic mass is 9.99. The smallest absolute Gasteiger partial charge is 0.208 e. The van der Waals surface area contributed by atoms with Gasteiger partial charge in [-0.2, -0.15) is 0 Å². The van der Waals surface area contributed by atoms with Crippen LogP contribution in [-0.2, 0) is 13.0 Å². The van der Waals surface area contributed by atoms with Gasteiger partial charge in [0.2, 0.25) is 5.89 Å². The molecule has 2 aliphatic rings. The Labute approximate surface area is 109 Å². The number of rotatable bonds is 4. The molecule has 0 saturated carbocycles. The number of aryl methyl sites for hydroxylation is 1. The summed E-state index contributed by atoms with van der Waals surface area (Å²) in [6.07, 6.45) is 8.15. The summed E-state index contributed by atoms with van der Waals surface area (Å²) in [7, 11) is 0. The largest absolute Gasteiger partial charge is 0.444 e. The van der Waals surface area contributed by atoms with Crippen LogP contribution in [0.1, 0.15) is 44.3 Å². The van der Waals surface area contributed by atoms with Gasteiger partial charge in [0, 0.05) is 25.0 Å². The first-order valence-corrected chi connectivity index (χ1v) is 7.28. The second-order valence-electron chi connectivity index (χ2n) is 5.45. The lowest BCUT2D eigenvalue weighted by Gasteiger charge is -2.32. The van der Waals surface area contributed by atoms with Crippen LogP contribution in [0.3, 0.4) is 0 Å². The summed E-state index contributed by atoms with van der Waals surface area (Å²) in [6.45, 7) is 5.42. The van der Waals surface area contributed by atoms with Crippen molar-refractivity contribution in [3.63, 3.8) is 0 Å². The molecule has 2 saturated heterocycles. The predicted molar refractivity (Wildman–Crippen MR) is 70.3 cm³/mol. The van der Waals surface area contributed by atoms with Crippen molar-refractivity contribution in [2.45, 2.75) is 57.7 Å². The van der Waals surface area contributed by atoms with Crippen molar-refractivity contribution in [1.29, 1.82) is 0 Å². The molecular formula is C14H23N3O. The molecule has 2 atom stereocenters. The van der Waals surface area contributed by atoms with E-state index in [0.717, 1.165) is 30.7 Å². The van der Waals surface area contributed by atoms with E-state index in [-0.39, 0.29) is 0 Å². The lowest BCUT2D eigenvalue weighted by molar-refractivity contribution is 0.179. The van der Waals surface area contributed by atoms with Crippen LogP contribution in [0.2, 0.25) is 0 Å². The quantitative estimate of drug-likeness (QED) is 0.885. The summed E-state index contributed by atoms with van der Waals surface area (Å²) in [5, 5.41) is 3.64. The number of fused-ring (bicyclic) bond motifs is 1. The van der Waals surface area contributed by atoms with Gasteiger partial charge >= 0.3 is 0 Å². The van der Waals surface area contributed by atoms with Gasteiger partial charge in [-0.1, -0.05) is 13.3 Å². The highest BCUT2D eigenvalue weighted by Gasteiger charge is 2.35. The number of aromatic nitrogens is 1. The van der Waals surface area contributed by atoms with Gasteiger partial charge in [0.25, 0.3) is 0 Å². The van der Waals surface area contributed by atoms with Crippen LogP contribution in [0.15, 0.2) is 10.6 Å². The molecule has 2 unspecified atom stereocenters. The highest BCUT2D eigenvalue weighted by atomic mass is 16.4. The summed E-state index contributed by atoms with van der Waals surface area (Å²) in [6, 6.07) is 1.38. The zero-order chi connectivity index (χ0) is 12.4. The van der Waals surface area contributed by atoms with Crippen molar-refractivity contribution in [3.8, 4) is 0 Å². The normalized spacial score (nSPS) is 28.5. The second-order valence-corrected chi connectivity index (χ2v) is 5.45. The highest BCUT2D eigenvalue weighted by molar-refractivity contribution is 4.97. The molecule has 3 heterocycles. The zero-order valence-corrected chi connectivity index (χ0v) is 11.2. The Morgan fingerprint density at radius 3 is 3.17 bits per heavy atom. The van der Waals surface area contributed by atoms with Crippen molar-refractivity contribution in [2.75, 3.05) is 13.1 Å². The summed E-state index contributed by atoms with van der Waals surface area (Å²) in [5.74, 6) is 1.82. The van der Waals surface area contributed by atoms with E-state index >= 15 is 0 Å². The van der Waals surface area contributed by atoms with Crippen molar-refractivity contribution < 1.29 is 4.42 Å². The standard InChI is InChI=1S/C14H23N3O/c1-2-11-9-16-14(18-11)10-15-12-6-8-17-7-4-3-5-13(12)17/h9,12-13,15H,2-8,10H2,1H3. The minimum atomic E-state index is 0.627. The number of oxazole rings is 1. The van der Waals surface area contributed by atoms with Crippen molar-refractivity contribution >= 4 is 0 Å². The Hall–Kier alpha value is -0.870. The monoisotopic (exact) mass is 249 g/mol. The minimum Gasteiger partial charge on any atom is -0.444 e. The van der Waals surface area contributed by atoms with E-state index in [1.807, 2.05) is 6.20 Å². The Kier molecular flexibility index (Phi) is 3.66. The molecule has 0 amide bonds. The van der Waals surface area contributed by atoms with Crippen LogP contribution < -0.4 is 5.32 Å². The molecule has 4 heteroatoms. The molecule has 18 heavy (non-hydrogen) atoms. The molecule has 3 rings (SSSR count). The Morgan fingerprint density at radius 2 is 2.33 bits per heavy atom. The molecule has 0 spiro atoms. The SMILES string of the molecule is CCc1cnc(CNC2CCN3CCCCC23)o1. The number of hydrogen-bond acceptors (Lipinski definition) is 4. The Bertz CT molecular complexity index is 390. The number of hydrogen-bond donors (Lipinski definition) is 1. The van der Waals surface area contributed by atoms with Crippen LogP contribution >= 0.6 is 0 Å². The van der Waals surface area contributed by atoms with E-state index in [4.69, 9.17) is 4.42 Å². The van der Waals surface area contributed by atoms with Gasteiger partial charge in [-0.25, -0.2) is 4.98 Å². The fourth-order valence-corrected chi connectivity index (χ4v) is 3.30. The maximum Gasteiger partial charge on any atom is 0.208 e. The van der Waals surface area contributed by atoms with Crippen LogP contribution in [0.4, 0.5) is 0 Å². The van der Waals surface area contributed by atoms with Gasteiger partial charge in [0.15, 0.2) is 0 Å². The van der Waals surface area contributed by atoms with Crippen molar-refractivity contribution in [1.82, 2.24) is 15.2 Å². The number of nitrogens with one attached hydrogen (secondary N) is 1. The van der Waals surface area contributed by atoms with E-state index in [1.54, 1.807) is 0 Å². The molecule has 4 nitrogen and oxygen atoms in total. The fraction of sp³-hybridized carbons (Fsp3) is 0.786. The van der Waals surface area contributed by atoms with Crippen LogP contribution in [0.5, 0.6) is 0 Å². The number of nitrogens with zero attached hydrogens (tertiary/aromatic N) is 2. The Morgan fingerprint density at radius 1 is 1.39 bits per heavy atom. The van der Waals surface area contributed by atoms with Gasteiger partial charge in [-0.15, -0.1) is 0 Å². The molecule has 0 bridgehead atoms. The van der Waals surface area contributed by atoms with Gasteiger partial charge < -0.3 is 9.73 Å². The molecular weight excluding hydrogens is 226 g/mol. The first-order valence-electron chi connectivity index (χ1n) is 7.28. The van der Waals surface area contributed by atoms with Crippen molar-refractivity contribution in [3.05, 3.63) is 17.8 Å². The zero-order valence-electron chi connectivity index (χ0n) is 11.2. The minimum absolute atomic E-state index is 0.627. The maximum absolute atomic E-state index is 5.64. The number of piperidine rings is 1. The first-order chi connectivity index (χ1) is 8.86. The van der Waals surface area contributed by atoms with Crippen LogP contribution in [-0.4, -0.2) is 35.1 Å². The molecule has 1 N–H and O–H groups in total. The van der Waals surface area contributed by atoms with E-state index in [2.05, 4.69) is 22.1 Å². The molecule has 2 fully saturated rings. The summed E-state index contributed by atoms with van der Waals surface area (Å²) < 4.78 is 5.64. The van der Waals surface area contributed by atoms with Gasteiger partial charge in [0.1, 0.15) is 5.76 Å². The predicted octanol–water partition coefficient (Wildman–Crippen LogP) is 1.95. The first kappa shape index (κ1) is 12.2. The molecule has 1 aromatic heterocycles. The van der Waals surface area contributed by atoms with Crippen LogP contribution in [0, 0.1) is 0 Å². The molecule has 0 aromatic carbocycles. The van der Waals surface area contributed by atoms with Gasteiger partial charge in [-0.05, 0) is 25.8 Å². The highest BCUT2D eigenvalue weighted by Crippen LogP contribution is 2.27. The van der Waals surface area contributed by atoms with E-state index in [1.165, 1.54) is 38.8 Å². The van der Waals surface area contributed by atoms with Crippen molar-refractivity contribution in [2.24, 2.45) is 0 Å². The molecule has 100 valence electrons. The van der Waals surface area contributed by atoms with E-state index in [9.17, 15) is 0 Å². The van der Waals surface area contributed by atoms with Crippen LogP contribution in [0.25, 0.3) is 0 Å². The molecule has 0 radical (unpaired) electrons. The third kappa shape index (κ3) is 2.45. The van der Waals surface area contributed by atoms with Gasteiger partial charge in [-0.3, -0.25) is 4.90 Å². The lowest BCUT2D eigenvalue weighted by Crippen LogP contribution is -2.44. The molecule has 0 aliphatic carbocycles.